The van der Waals surface area contributed by atoms with Crippen molar-refractivity contribution in [2.24, 2.45) is 11.0 Å². The van der Waals surface area contributed by atoms with E-state index in [2.05, 4.69) is 14.9 Å². The Morgan fingerprint density at radius 2 is 1.89 bits per heavy atom. The van der Waals surface area contributed by atoms with E-state index in [4.69, 9.17) is 5.53 Å². The van der Waals surface area contributed by atoms with E-state index in [0.29, 0.717) is 19.0 Å². The minimum absolute atomic E-state index is 0.235. The molecule has 2 rings (SSSR count). The van der Waals surface area contributed by atoms with Gasteiger partial charge in [-0.1, -0.05) is 37.2 Å². The van der Waals surface area contributed by atoms with Crippen LogP contribution in [0.15, 0.2) is 5.11 Å². The average Bonchev–Trinajstić information content (AvgIpc) is 2.68. The van der Waals surface area contributed by atoms with Crippen LogP contribution in [0, 0.1) is 5.92 Å². The Labute approximate surface area is 108 Å². The average molecular weight is 250 g/mol. The van der Waals surface area contributed by atoms with Crippen molar-refractivity contribution in [1.29, 1.82) is 0 Å². The number of rotatable bonds is 3. The third kappa shape index (κ3) is 3.39. The molecule has 0 radical (unpaired) electrons. The molecular formula is C13H22N4O. The van der Waals surface area contributed by atoms with E-state index < -0.39 is 0 Å². The second kappa shape index (κ2) is 6.64. The van der Waals surface area contributed by atoms with E-state index >= 15 is 0 Å². The molecule has 100 valence electrons. The van der Waals surface area contributed by atoms with E-state index in [1.54, 1.807) is 0 Å². The lowest BCUT2D eigenvalue weighted by Crippen LogP contribution is -2.37. The molecule has 1 atom stereocenters. The Morgan fingerprint density at radius 3 is 2.56 bits per heavy atom. The second-order valence-corrected chi connectivity index (χ2v) is 5.53. The predicted molar refractivity (Wildman–Crippen MR) is 69.9 cm³/mol. The summed E-state index contributed by atoms with van der Waals surface area (Å²) >= 11 is 0. The molecule has 1 heterocycles. The summed E-state index contributed by atoms with van der Waals surface area (Å²) in [6, 6.07) is 0.439. The van der Waals surface area contributed by atoms with Crippen molar-refractivity contribution in [2.75, 3.05) is 13.1 Å². The molecule has 0 N–H and O–H groups in total. The molecule has 0 spiro atoms. The standard InChI is InChI=1S/C13H22N4O/c14-16-15-9-11-8-13(18)17(10-11)12-6-4-2-1-3-5-7-12/h11-12H,1-10H2. The highest BCUT2D eigenvalue weighted by atomic mass is 16.2. The smallest absolute Gasteiger partial charge is 0.223 e. The van der Waals surface area contributed by atoms with Crippen LogP contribution < -0.4 is 0 Å². The molecule has 0 aromatic rings. The molecule has 0 aromatic carbocycles. The first kappa shape index (κ1) is 13.2. The SMILES string of the molecule is [N-]=[N+]=NCC1CC(=O)N(C2CCCCCCC2)C1. The fourth-order valence-corrected chi connectivity index (χ4v) is 3.18. The minimum Gasteiger partial charge on any atom is -0.339 e. The van der Waals surface area contributed by atoms with E-state index in [1.165, 1.54) is 32.1 Å². The lowest BCUT2D eigenvalue weighted by atomic mass is 9.96. The van der Waals surface area contributed by atoms with Crippen LogP contribution in [0.25, 0.3) is 10.4 Å². The van der Waals surface area contributed by atoms with Crippen LogP contribution in [-0.2, 0) is 4.79 Å². The molecule has 1 aliphatic heterocycles. The topological polar surface area (TPSA) is 69.1 Å². The number of azide groups is 1. The molecule has 0 aromatic heterocycles. The quantitative estimate of drug-likeness (QED) is 0.430. The van der Waals surface area contributed by atoms with Gasteiger partial charge in [0.15, 0.2) is 0 Å². The monoisotopic (exact) mass is 250 g/mol. The highest BCUT2D eigenvalue weighted by Gasteiger charge is 2.33. The zero-order valence-corrected chi connectivity index (χ0v) is 10.9. The molecule has 1 saturated carbocycles. The third-order valence-electron chi connectivity index (χ3n) is 4.16. The van der Waals surface area contributed by atoms with Gasteiger partial charge < -0.3 is 4.90 Å². The molecule has 18 heavy (non-hydrogen) atoms. The fourth-order valence-electron chi connectivity index (χ4n) is 3.18. The molecule has 0 bridgehead atoms. The molecule has 5 heteroatoms. The van der Waals surface area contributed by atoms with Crippen LogP contribution >= 0.6 is 0 Å². The molecule has 1 saturated heterocycles. The van der Waals surface area contributed by atoms with Crippen molar-refractivity contribution in [3.63, 3.8) is 0 Å². The maximum Gasteiger partial charge on any atom is 0.223 e. The normalized spacial score (nSPS) is 26.6. The summed E-state index contributed by atoms with van der Waals surface area (Å²) in [6.45, 7) is 1.26. The summed E-state index contributed by atoms with van der Waals surface area (Å²) in [5, 5.41) is 3.60. The summed E-state index contributed by atoms with van der Waals surface area (Å²) in [5.41, 5.74) is 8.34. The van der Waals surface area contributed by atoms with Gasteiger partial charge in [0.25, 0.3) is 0 Å². The second-order valence-electron chi connectivity index (χ2n) is 5.53. The van der Waals surface area contributed by atoms with Gasteiger partial charge in [-0.3, -0.25) is 4.79 Å². The molecule has 1 amide bonds. The largest absolute Gasteiger partial charge is 0.339 e. The van der Waals surface area contributed by atoms with Crippen LogP contribution in [-0.4, -0.2) is 29.9 Å². The Balaban J connectivity index is 1.90. The Bertz CT molecular complexity index is 330. The van der Waals surface area contributed by atoms with Crippen molar-refractivity contribution in [3.05, 3.63) is 10.4 Å². The van der Waals surface area contributed by atoms with Crippen LogP contribution in [0.5, 0.6) is 0 Å². The summed E-state index contributed by atoms with van der Waals surface area (Å²) in [7, 11) is 0. The first-order valence-electron chi connectivity index (χ1n) is 7.11. The number of hydrogen-bond donors (Lipinski definition) is 0. The number of hydrogen-bond acceptors (Lipinski definition) is 2. The number of carbonyl (C=O) groups is 1. The maximum atomic E-state index is 12.0. The number of amides is 1. The first-order valence-corrected chi connectivity index (χ1v) is 7.11. The summed E-state index contributed by atoms with van der Waals surface area (Å²) < 4.78 is 0. The lowest BCUT2D eigenvalue weighted by molar-refractivity contribution is -0.130. The van der Waals surface area contributed by atoms with Crippen molar-refractivity contribution >= 4 is 5.91 Å². The molecular weight excluding hydrogens is 228 g/mol. The third-order valence-corrected chi connectivity index (χ3v) is 4.16. The van der Waals surface area contributed by atoms with Crippen molar-refractivity contribution in [1.82, 2.24) is 4.90 Å². The van der Waals surface area contributed by atoms with Crippen molar-refractivity contribution in [3.8, 4) is 0 Å². The Morgan fingerprint density at radius 1 is 1.22 bits per heavy atom. The zero-order valence-electron chi connectivity index (χ0n) is 10.9. The number of nitrogens with zero attached hydrogens (tertiary/aromatic N) is 4. The molecule has 2 aliphatic rings. The highest BCUT2D eigenvalue weighted by Crippen LogP contribution is 2.27. The minimum atomic E-state index is 0.235. The zero-order chi connectivity index (χ0) is 12.8. The van der Waals surface area contributed by atoms with Gasteiger partial charge in [-0.05, 0) is 24.3 Å². The summed E-state index contributed by atoms with van der Waals surface area (Å²) in [6.07, 6.45) is 9.32. The van der Waals surface area contributed by atoms with Gasteiger partial charge in [0.1, 0.15) is 0 Å². The van der Waals surface area contributed by atoms with Crippen LogP contribution in [0.4, 0.5) is 0 Å². The fraction of sp³-hybridized carbons (Fsp3) is 0.923. The summed E-state index contributed by atoms with van der Waals surface area (Å²) in [4.78, 5) is 16.9. The van der Waals surface area contributed by atoms with E-state index in [1.807, 2.05) is 0 Å². The maximum absolute atomic E-state index is 12.0. The number of likely N-dealkylation sites (tertiary alicyclic amines) is 1. The van der Waals surface area contributed by atoms with Crippen molar-refractivity contribution < 1.29 is 4.79 Å². The van der Waals surface area contributed by atoms with E-state index in [0.717, 1.165) is 19.4 Å². The van der Waals surface area contributed by atoms with Crippen LogP contribution in [0.1, 0.15) is 51.4 Å². The van der Waals surface area contributed by atoms with Gasteiger partial charge in [0, 0.05) is 30.5 Å². The van der Waals surface area contributed by atoms with E-state index in [-0.39, 0.29) is 11.8 Å². The predicted octanol–water partition coefficient (Wildman–Crippen LogP) is 3.26. The number of carbonyl (C=O) groups excluding carboxylic acids is 1. The van der Waals surface area contributed by atoms with Gasteiger partial charge in [-0.15, -0.1) is 0 Å². The van der Waals surface area contributed by atoms with Crippen LogP contribution in [0.3, 0.4) is 0 Å². The summed E-state index contributed by atoms with van der Waals surface area (Å²) in [5.74, 6) is 0.498. The van der Waals surface area contributed by atoms with Gasteiger partial charge in [0.2, 0.25) is 5.91 Å². The highest BCUT2D eigenvalue weighted by molar-refractivity contribution is 5.79. The van der Waals surface area contributed by atoms with Crippen molar-refractivity contribution in [2.45, 2.75) is 57.4 Å². The van der Waals surface area contributed by atoms with Gasteiger partial charge >= 0.3 is 0 Å². The van der Waals surface area contributed by atoms with Gasteiger partial charge in [-0.25, -0.2) is 0 Å². The Hall–Kier alpha value is -1.22. The molecule has 1 aliphatic carbocycles. The van der Waals surface area contributed by atoms with E-state index in [9.17, 15) is 4.79 Å². The Kier molecular flexibility index (Phi) is 4.88. The van der Waals surface area contributed by atoms with Gasteiger partial charge in [-0.2, -0.15) is 0 Å². The lowest BCUT2D eigenvalue weighted by Gasteiger charge is -2.29. The molecule has 2 fully saturated rings. The first-order chi connectivity index (χ1) is 8.81. The van der Waals surface area contributed by atoms with Gasteiger partial charge in [0.05, 0.1) is 0 Å². The van der Waals surface area contributed by atoms with Crippen LogP contribution in [0.2, 0.25) is 0 Å². The molecule has 1 unspecified atom stereocenters. The molecule has 5 nitrogen and oxygen atoms in total.